The van der Waals surface area contributed by atoms with E-state index in [1.165, 1.54) is 0 Å². The van der Waals surface area contributed by atoms with E-state index >= 15 is 0 Å². The van der Waals surface area contributed by atoms with Gasteiger partial charge in [0.15, 0.2) is 0 Å². The summed E-state index contributed by atoms with van der Waals surface area (Å²) in [7, 11) is 2.00. The number of nitrogens with zero attached hydrogens (tertiary/aromatic N) is 2. The van der Waals surface area contributed by atoms with Crippen LogP contribution >= 0.6 is 11.8 Å². The molecular weight excluding hydrogens is 196 g/mol. The Hall–Kier alpha value is -0.420. The molecule has 0 aromatic heterocycles. The van der Waals surface area contributed by atoms with E-state index in [4.69, 9.17) is 5.84 Å². The summed E-state index contributed by atoms with van der Waals surface area (Å²) in [6.45, 7) is 6.22. The molecule has 84 valence electrons. The molecule has 0 spiro atoms. The van der Waals surface area contributed by atoms with Crippen LogP contribution < -0.4 is 11.3 Å². The molecule has 0 aromatic carbocycles. The van der Waals surface area contributed by atoms with Gasteiger partial charge in [-0.3, -0.25) is 5.43 Å². The van der Waals surface area contributed by atoms with E-state index < -0.39 is 0 Å². The molecule has 0 rings (SSSR count). The smallest absolute Gasteiger partial charge is 0.208 e. The second kappa shape index (κ2) is 6.95. The molecule has 0 saturated heterocycles. The van der Waals surface area contributed by atoms with Crippen LogP contribution in [-0.2, 0) is 0 Å². The second-order valence-electron chi connectivity index (χ2n) is 3.61. The van der Waals surface area contributed by atoms with Crippen molar-refractivity contribution in [2.24, 2.45) is 10.8 Å². The number of hydrazine groups is 1. The van der Waals surface area contributed by atoms with Crippen LogP contribution in [0.5, 0.6) is 0 Å². The maximum Gasteiger partial charge on any atom is 0.208 e. The van der Waals surface area contributed by atoms with E-state index in [0.29, 0.717) is 6.04 Å². The summed E-state index contributed by atoms with van der Waals surface area (Å²) in [5.41, 5.74) is 2.64. The van der Waals surface area contributed by atoms with Gasteiger partial charge in [0.2, 0.25) is 5.96 Å². The van der Waals surface area contributed by atoms with Crippen molar-refractivity contribution in [2.75, 3.05) is 19.1 Å². The SMILES string of the molecule is CSCC(C)N(C)C(=NC(C)C)NN. The van der Waals surface area contributed by atoms with Gasteiger partial charge in [0.05, 0.1) is 0 Å². The van der Waals surface area contributed by atoms with Crippen molar-refractivity contribution in [2.45, 2.75) is 32.9 Å². The number of aliphatic imine (C=N–C) groups is 1. The summed E-state index contributed by atoms with van der Waals surface area (Å²) in [6, 6.07) is 0.684. The van der Waals surface area contributed by atoms with Crippen LogP contribution in [0.3, 0.4) is 0 Å². The number of rotatable bonds is 4. The minimum atomic E-state index is 0.255. The van der Waals surface area contributed by atoms with Crippen molar-refractivity contribution >= 4 is 17.7 Å². The molecule has 0 aromatic rings. The Morgan fingerprint density at radius 2 is 2.07 bits per heavy atom. The molecule has 0 radical (unpaired) electrons. The molecule has 0 aliphatic heterocycles. The minimum absolute atomic E-state index is 0.255. The molecule has 0 fully saturated rings. The van der Waals surface area contributed by atoms with Crippen molar-refractivity contribution in [3.8, 4) is 0 Å². The Labute approximate surface area is 91.3 Å². The fourth-order valence-electron chi connectivity index (χ4n) is 1.04. The molecule has 0 amide bonds. The zero-order valence-electron chi connectivity index (χ0n) is 9.74. The Morgan fingerprint density at radius 1 is 1.50 bits per heavy atom. The lowest BCUT2D eigenvalue weighted by atomic mass is 10.3. The molecule has 1 atom stereocenters. The summed E-state index contributed by atoms with van der Waals surface area (Å²) in [5, 5.41) is 0. The van der Waals surface area contributed by atoms with Crippen molar-refractivity contribution in [3.63, 3.8) is 0 Å². The third-order valence-corrected chi connectivity index (χ3v) is 2.73. The van der Waals surface area contributed by atoms with Gasteiger partial charge in [0.25, 0.3) is 0 Å². The maximum absolute atomic E-state index is 5.43. The summed E-state index contributed by atoms with van der Waals surface area (Å²) >= 11 is 1.82. The van der Waals surface area contributed by atoms with Gasteiger partial charge in [-0.2, -0.15) is 11.8 Å². The molecule has 0 saturated carbocycles. The van der Waals surface area contributed by atoms with Gasteiger partial charge in [0.1, 0.15) is 0 Å². The predicted octanol–water partition coefficient (Wildman–Crippen LogP) is 0.897. The number of nitrogens with two attached hydrogens (primary N) is 1. The first kappa shape index (κ1) is 13.6. The minimum Gasteiger partial charge on any atom is -0.341 e. The number of guanidine groups is 1. The summed E-state index contributed by atoms with van der Waals surface area (Å²) in [6.07, 6.45) is 2.10. The van der Waals surface area contributed by atoms with Crippen LogP contribution in [0.15, 0.2) is 4.99 Å². The fraction of sp³-hybridized carbons (Fsp3) is 0.889. The standard InChI is InChI=1S/C9H22N4S/c1-7(2)11-9(12-10)13(4)8(3)6-14-5/h7-8H,6,10H2,1-5H3,(H,11,12). The monoisotopic (exact) mass is 218 g/mol. The molecule has 14 heavy (non-hydrogen) atoms. The maximum atomic E-state index is 5.43. The Kier molecular flexibility index (Phi) is 6.74. The average molecular weight is 218 g/mol. The van der Waals surface area contributed by atoms with Gasteiger partial charge in [-0.05, 0) is 27.0 Å². The first-order chi connectivity index (χ1) is 6.52. The first-order valence-corrected chi connectivity index (χ1v) is 6.18. The lowest BCUT2D eigenvalue weighted by molar-refractivity contribution is 0.405. The van der Waals surface area contributed by atoms with Crippen LogP contribution in [0.2, 0.25) is 0 Å². The van der Waals surface area contributed by atoms with E-state index in [0.717, 1.165) is 11.7 Å². The van der Waals surface area contributed by atoms with E-state index in [1.54, 1.807) is 0 Å². The Morgan fingerprint density at radius 3 is 2.43 bits per heavy atom. The molecule has 0 aliphatic carbocycles. The number of nitrogens with one attached hydrogen (secondary N) is 1. The summed E-state index contributed by atoms with van der Waals surface area (Å²) in [4.78, 5) is 6.46. The molecule has 3 N–H and O–H groups in total. The van der Waals surface area contributed by atoms with Crippen LogP contribution in [-0.4, -0.2) is 42.0 Å². The van der Waals surface area contributed by atoms with Crippen LogP contribution in [0.25, 0.3) is 0 Å². The fourth-order valence-corrected chi connectivity index (χ4v) is 1.74. The molecular formula is C9H22N4S. The highest BCUT2D eigenvalue weighted by Crippen LogP contribution is 2.04. The zero-order valence-corrected chi connectivity index (χ0v) is 10.6. The topological polar surface area (TPSA) is 53.6 Å². The first-order valence-electron chi connectivity index (χ1n) is 4.79. The highest BCUT2D eigenvalue weighted by molar-refractivity contribution is 7.98. The van der Waals surface area contributed by atoms with Crippen molar-refractivity contribution in [3.05, 3.63) is 0 Å². The van der Waals surface area contributed by atoms with Crippen molar-refractivity contribution in [1.82, 2.24) is 10.3 Å². The molecule has 4 nitrogen and oxygen atoms in total. The zero-order chi connectivity index (χ0) is 11.1. The van der Waals surface area contributed by atoms with Crippen LogP contribution in [0, 0.1) is 0 Å². The Bertz CT molecular complexity index is 182. The van der Waals surface area contributed by atoms with Crippen LogP contribution in [0.4, 0.5) is 0 Å². The lowest BCUT2D eigenvalue weighted by Gasteiger charge is -2.27. The molecule has 1 unspecified atom stereocenters. The largest absolute Gasteiger partial charge is 0.341 e. The number of hydrogen-bond donors (Lipinski definition) is 2. The van der Waals surface area contributed by atoms with Crippen molar-refractivity contribution in [1.29, 1.82) is 0 Å². The molecule has 5 heteroatoms. The predicted molar refractivity (Wildman–Crippen MR) is 65.5 cm³/mol. The average Bonchev–Trinajstić information content (AvgIpc) is 2.13. The van der Waals surface area contributed by atoms with Gasteiger partial charge < -0.3 is 4.90 Å². The third-order valence-electron chi connectivity index (χ3n) is 1.91. The van der Waals surface area contributed by atoms with E-state index in [9.17, 15) is 0 Å². The third kappa shape index (κ3) is 4.72. The summed E-state index contributed by atoms with van der Waals surface area (Å²) in [5.74, 6) is 7.24. The molecule has 0 aliphatic rings. The molecule has 0 heterocycles. The second-order valence-corrected chi connectivity index (χ2v) is 4.52. The van der Waals surface area contributed by atoms with Gasteiger partial charge >= 0.3 is 0 Å². The normalized spacial score (nSPS) is 14.4. The highest BCUT2D eigenvalue weighted by Gasteiger charge is 2.12. The van der Waals surface area contributed by atoms with Crippen molar-refractivity contribution < 1.29 is 0 Å². The van der Waals surface area contributed by atoms with Gasteiger partial charge in [-0.1, -0.05) is 0 Å². The van der Waals surface area contributed by atoms with E-state index in [2.05, 4.69) is 28.5 Å². The Balaban J connectivity index is 4.37. The quantitative estimate of drug-likeness (QED) is 0.318. The summed E-state index contributed by atoms with van der Waals surface area (Å²) < 4.78 is 0. The van der Waals surface area contributed by atoms with Gasteiger partial charge in [-0.25, -0.2) is 10.8 Å². The van der Waals surface area contributed by atoms with Crippen LogP contribution in [0.1, 0.15) is 20.8 Å². The number of hydrogen-bond acceptors (Lipinski definition) is 3. The van der Waals surface area contributed by atoms with E-state index in [1.807, 2.05) is 32.7 Å². The van der Waals surface area contributed by atoms with Gasteiger partial charge in [-0.15, -0.1) is 0 Å². The molecule has 0 bridgehead atoms. The lowest BCUT2D eigenvalue weighted by Crippen LogP contribution is -2.47. The highest BCUT2D eigenvalue weighted by atomic mass is 32.2. The van der Waals surface area contributed by atoms with Gasteiger partial charge in [0, 0.05) is 24.9 Å². The van der Waals surface area contributed by atoms with E-state index in [-0.39, 0.29) is 6.04 Å². The number of thioether (sulfide) groups is 1.